The summed E-state index contributed by atoms with van der Waals surface area (Å²) in [5, 5.41) is 4.25. The molecular weight excluding hydrogens is 1040 g/mol. The van der Waals surface area contributed by atoms with Gasteiger partial charge in [-0.2, -0.15) is 0 Å². The Morgan fingerprint density at radius 1 is 0.140 bits per heavy atom. The molecule has 2 heteroatoms. The topological polar surface area (TPSA) is 26.3 Å². The van der Waals surface area contributed by atoms with Gasteiger partial charge in [0.05, 0.1) is 0 Å². The molecule has 16 aromatic rings. The van der Waals surface area contributed by atoms with E-state index in [-0.39, 0.29) is 0 Å². The minimum atomic E-state index is 0.838. The summed E-state index contributed by atoms with van der Waals surface area (Å²) in [6.45, 7) is 0. The van der Waals surface area contributed by atoms with E-state index in [4.69, 9.17) is 8.83 Å². The van der Waals surface area contributed by atoms with Gasteiger partial charge in [-0.3, -0.25) is 0 Å². The molecule has 0 spiro atoms. The summed E-state index contributed by atoms with van der Waals surface area (Å²) in [7, 11) is 0. The van der Waals surface area contributed by atoms with Gasteiger partial charge >= 0.3 is 0 Å². The second-order valence-electron chi connectivity index (χ2n) is 22.3. The van der Waals surface area contributed by atoms with E-state index in [1.807, 2.05) is 0 Å². The fraction of sp³-hybridized carbons (Fsp3) is 0. The average molecular weight is 1100 g/mol. The van der Waals surface area contributed by atoms with Crippen LogP contribution >= 0.6 is 0 Å². The molecule has 2 nitrogen and oxygen atoms in total. The van der Waals surface area contributed by atoms with E-state index in [1.165, 1.54) is 33.4 Å². The van der Waals surface area contributed by atoms with Crippen LogP contribution in [0, 0.1) is 0 Å². The summed E-state index contributed by atoms with van der Waals surface area (Å²) in [4.78, 5) is 0. The quantitative estimate of drug-likeness (QED) is 0.129. The van der Waals surface area contributed by atoms with E-state index in [2.05, 4.69) is 328 Å². The molecule has 0 bridgehead atoms. The van der Waals surface area contributed by atoms with Crippen LogP contribution in [0.25, 0.3) is 166 Å². The molecule has 2 heterocycles. The number of furan rings is 2. The minimum Gasteiger partial charge on any atom is -0.455 e. The third kappa shape index (κ3) is 9.27. The molecule has 14 aromatic carbocycles. The first kappa shape index (κ1) is 50.4. The van der Waals surface area contributed by atoms with E-state index in [1.54, 1.807) is 0 Å². The molecule has 0 fully saturated rings. The van der Waals surface area contributed by atoms with Crippen molar-refractivity contribution in [3.8, 4) is 122 Å². The van der Waals surface area contributed by atoms with E-state index in [0.717, 1.165) is 133 Å². The van der Waals surface area contributed by atoms with Crippen molar-refractivity contribution < 1.29 is 8.83 Å². The highest BCUT2D eigenvalue weighted by Crippen LogP contribution is 2.48. The SMILES string of the molecule is c1ccc(-c2cccc(-c3ccc4oc5c(-c6ccccc6-c6ccccc6-c6cc(-c7cccc(-c8ccccc8)c7)cc7c6oc6ccc(-c8cccc(-c9ccccc9)c8)cc67)cc(-c6cccc(-c7ccccc7)c6)cc5c4c3)c2)cc1. The van der Waals surface area contributed by atoms with Crippen molar-refractivity contribution in [2.45, 2.75) is 0 Å². The molecule has 402 valence electrons. The van der Waals surface area contributed by atoms with Crippen LogP contribution < -0.4 is 0 Å². The third-order valence-electron chi connectivity index (χ3n) is 17.1. The molecule has 0 saturated heterocycles. The maximum absolute atomic E-state index is 7.16. The molecule has 86 heavy (non-hydrogen) atoms. The molecule has 2 aromatic heterocycles. The molecule has 0 saturated carbocycles. The second kappa shape index (κ2) is 21.5. The zero-order valence-corrected chi connectivity index (χ0v) is 47.0. The van der Waals surface area contributed by atoms with Gasteiger partial charge in [-0.25, -0.2) is 0 Å². The van der Waals surface area contributed by atoms with Crippen molar-refractivity contribution in [3.05, 3.63) is 328 Å². The maximum atomic E-state index is 7.16. The predicted molar refractivity (Wildman–Crippen MR) is 361 cm³/mol. The Labute approximate surface area is 499 Å². The van der Waals surface area contributed by atoms with Gasteiger partial charge in [0, 0.05) is 32.7 Å². The van der Waals surface area contributed by atoms with Crippen LogP contribution in [-0.4, -0.2) is 0 Å². The van der Waals surface area contributed by atoms with Crippen molar-refractivity contribution >= 4 is 43.9 Å². The number of benzene rings is 14. The first-order valence-electron chi connectivity index (χ1n) is 29.4. The van der Waals surface area contributed by atoms with Crippen molar-refractivity contribution in [2.24, 2.45) is 0 Å². The molecule has 16 rings (SSSR count). The van der Waals surface area contributed by atoms with Gasteiger partial charge in [0.15, 0.2) is 0 Å². The highest BCUT2D eigenvalue weighted by molar-refractivity contribution is 6.16. The van der Waals surface area contributed by atoms with Gasteiger partial charge in [-0.1, -0.05) is 255 Å². The van der Waals surface area contributed by atoms with Crippen LogP contribution in [0.3, 0.4) is 0 Å². The van der Waals surface area contributed by atoms with Crippen LogP contribution in [0.4, 0.5) is 0 Å². The maximum Gasteiger partial charge on any atom is 0.143 e. The first-order chi connectivity index (χ1) is 42.6. The van der Waals surface area contributed by atoms with Gasteiger partial charge in [0.1, 0.15) is 22.3 Å². The zero-order chi connectivity index (χ0) is 56.9. The van der Waals surface area contributed by atoms with Crippen molar-refractivity contribution in [2.75, 3.05) is 0 Å². The molecule has 0 unspecified atom stereocenters. The lowest BCUT2D eigenvalue weighted by atomic mass is 9.86. The van der Waals surface area contributed by atoms with Gasteiger partial charge in [0.2, 0.25) is 0 Å². The Hall–Kier alpha value is -11.3. The summed E-state index contributed by atoms with van der Waals surface area (Å²) in [6, 6.07) is 118. The Morgan fingerprint density at radius 2 is 0.372 bits per heavy atom. The van der Waals surface area contributed by atoms with Crippen LogP contribution in [-0.2, 0) is 0 Å². The van der Waals surface area contributed by atoms with Crippen LogP contribution in [0.1, 0.15) is 0 Å². The number of rotatable bonds is 11. The Morgan fingerprint density at radius 3 is 0.686 bits per heavy atom. The molecule has 0 aliphatic heterocycles. The summed E-state index contributed by atoms with van der Waals surface area (Å²) >= 11 is 0. The van der Waals surface area contributed by atoms with Crippen molar-refractivity contribution in [3.63, 3.8) is 0 Å². The van der Waals surface area contributed by atoms with E-state index in [0.29, 0.717) is 0 Å². The van der Waals surface area contributed by atoms with Gasteiger partial charge in [0.25, 0.3) is 0 Å². The van der Waals surface area contributed by atoms with E-state index < -0.39 is 0 Å². The fourth-order valence-electron chi connectivity index (χ4n) is 12.8. The molecule has 0 N–H and O–H groups in total. The van der Waals surface area contributed by atoms with Crippen molar-refractivity contribution in [1.82, 2.24) is 0 Å². The second-order valence-corrected chi connectivity index (χ2v) is 22.3. The third-order valence-corrected chi connectivity index (χ3v) is 17.1. The fourth-order valence-corrected chi connectivity index (χ4v) is 12.8. The van der Waals surface area contributed by atoms with Crippen molar-refractivity contribution in [1.29, 1.82) is 0 Å². The van der Waals surface area contributed by atoms with Gasteiger partial charge in [-0.05, 0) is 184 Å². The van der Waals surface area contributed by atoms with Crippen LogP contribution in [0.5, 0.6) is 0 Å². The lowest BCUT2D eigenvalue weighted by molar-refractivity contribution is 0.669. The first-order valence-corrected chi connectivity index (χ1v) is 29.4. The summed E-state index contributed by atoms with van der Waals surface area (Å²) in [5.74, 6) is 0. The molecule has 0 radical (unpaired) electrons. The summed E-state index contributed by atoms with van der Waals surface area (Å²) in [5.41, 5.74) is 28.1. The van der Waals surface area contributed by atoms with E-state index in [9.17, 15) is 0 Å². The standard InChI is InChI=1S/C84H54O2/c1-5-21-55(22-6-1)59-29-17-33-63(45-59)67-41-43-81-75(49-67)79-53-69(65-35-19-31-61(47-65)57-25-9-3-10-26-57)51-77(83(79)85-81)73-39-15-13-37-71(73)72-38-14-16-40-74(72)78-52-70(66-36-20-32-62(48-66)58-27-11-4-12-28-58)54-80-76-50-68(42-44-82(76)86-84(78)80)64-34-18-30-60(46-64)56-23-7-2-8-24-56/h1-54H. The van der Waals surface area contributed by atoms with Crippen LogP contribution in [0.15, 0.2) is 336 Å². The Kier molecular flexibility index (Phi) is 12.6. The zero-order valence-electron chi connectivity index (χ0n) is 47.0. The van der Waals surface area contributed by atoms with Gasteiger partial charge < -0.3 is 8.83 Å². The number of hydrogen-bond donors (Lipinski definition) is 0. The molecular formula is C84H54O2. The summed E-state index contributed by atoms with van der Waals surface area (Å²) < 4.78 is 14.3. The number of fused-ring (bicyclic) bond motifs is 6. The number of hydrogen-bond acceptors (Lipinski definition) is 2. The lowest BCUT2D eigenvalue weighted by Gasteiger charge is -2.17. The smallest absolute Gasteiger partial charge is 0.143 e. The highest BCUT2D eigenvalue weighted by atomic mass is 16.3. The lowest BCUT2D eigenvalue weighted by Crippen LogP contribution is -1.92. The predicted octanol–water partition coefficient (Wildman–Crippen LogP) is 23.8. The highest BCUT2D eigenvalue weighted by Gasteiger charge is 2.23. The molecule has 0 amide bonds. The Bertz CT molecular complexity index is 4880. The Balaban J connectivity index is 0.894. The molecule has 0 atom stereocenters. The average Bonchev–Trinajstić information content (AvgIpc) is 1.96. The largest absolute Gasteiger partial charge is 0.455 e. The molecule has 0 aliphatic rings. The monoisotopic (exact) mass is 1090 g/mol. The molecule has 0 aliphatic carbocycles. The van der Waals surface area contributed by atoms with Gasteiger partial charge in [-0.15, -0.1) is 0 Å². The minimum absolute atomic E-state index is 0.838. The normalized spacial score (nSPS) is 11.5. The van der Waals surface area contributed by atoms with E-state index >= 15 is 0 Å². The van der Waals surface area contributed by atoms with Crippen LogP contribution in [0.2, 0.25) is 0 Å². The summed E-state index contributed by atoms with van der Waals surface area (Å²) in [6.07, 6.45) is 0.